The van der Waals surface area contributed by atoms with E-state index in [2.05, 4.69) is 50.9 Å². The van der Waals surface area contributed by atoms with Gasteiger partial charge in [0, 0.05) is 5.71 Å². The predicted octanol–water partition coefficient (Wildman–Crippen LogP) is 3.81. The van der Waals surface area contributed by atoms with E-state index >= 15 is 0 Å². The minimum atomic E-state index is 1.02. The Kier molecular flexibility index (Phi) is 3.24. The van der Waals surface area contributed by atoms with E-state index in [-0.39, 0.29) is 0 Å². The Labute approximate surface area is 80.5 Å². The minimum absolute atomic E-state index is 1.02. The first-order valence-corrected chi connectivity index (χ1v) is 4.75. The largest absolute Gasteiger partial charge is 0.258 e. The smallest absolute Gasteiger partial charge is 0.0687 e. The van der Waals surface area contributed by atoms with Crippen molar-refractivity contribution in [2.75, 3.05) is 0 Å². The van der Waals surface area contributed by atoms with Crippen LogP contribution in [0.15, 0.2) is 23.2 Å². The molecule has 0 fully saturated rings. The van der Waals surface area contributed by atoms with Crippen molar-refractivity contribution < 1.29 is 0 Å². The van der Waals surface area contributed by atoms with Gasteiger partial charge in [-0.1, -0.05) is 25.1 Å². The molecular weight excluding hydrogens is 158 g/mol. The third-order valence-electron chi connectivity index (χ3n) is 2.25. The van der Waals surface area contributed by atoms with Crippen molar-refractivity contribution >= 4 is 11.4 Å². The van der Waals surface area contributed by atoms with E-state index in [1.165, 1.54) is 16.8 Å². The standard InChI is InChI=1S/C12H17N/c1-5-11(4)13-12-9(2)7-6-8-10(12)3/h6-8H,5H2,1-4H3. The number of hydrogen-bond donors (Lipinski definition) is 0. The van der Waals surface area contributed by atoms with Crippen LogP contribution < -0.4 is 0 Å². The highest BCUT2D eigenvalue weighted by Gasteiger charge is 1.99. The first-order chi connectivity index (χ1) is 6.15. The van der Waals surface area contributed by atoms with Crippen LogP contribution in [0.25, 0.3) is 0 Å². The Morgan fingerprint density at radius 2 is 1.77 bits per heavy atom. The Balaban J connectivity index is 3.14. The molecule has 0 heterocycles. The number of hydrogen-bond acceptors (Lipinski definition) is 1. The molecule has 0 aliphatic carbocycles. The lowest BCUT2D eigenvalue weighted by molar-refractivity contribution is 1.23. The summed E-state index contributed by atoms with van der Waals surface area (Å²) in [5.41, 5.74) is 4.85. The molecule has 0 amide bonds. The first kappa shape index (κ1) is 9.97. The average molecular weight is 175 g/mol. The summed E-state index contributed by atoms with van der Waals surface area (Å²) >= 11 is 0. The molecule has 0 saturated carbocycles. The third kappa shape index (κ3) is 2.41. The Morgan fingerprint density at radius 3 is 2.23 bits per heavy atom. The minimum Gasteiger partial charge on any atom is -0.258 e. The van der Waals surface area contributed by atoms with Crippen molar-refractivity contribution in [1.82, 2.24) is 0 Å². The molecule has 0 saturated heterocycles. The van der Waals surface area contributed by atoms with Crippen molar-refractivity contribution in [1.29, 1.82) is 0 Å². The van der Waals surface area contributed by atoms with Crippen LogP contribution >= 0.6 is 0 Å². The fourth-order valence-electron chi connectivity index (χ4n) is 1.25. The molecule has 0 radical (unpaired) electrons. The van der Waals surface area contributed by atoms with Crippen LogP contribution in [0.4, 0.5) is 5.69 Å². The maximum atomic E-state index is 4.59. The van der Waals surface area contributed by atoms with Crippen molar-refractivity contribution in [3.8, 4) is 0 Å². The van der Waals surface area contributed by atoms with Crippen LogP contribution in [0.2, 0.25) is 0 Å². The summed E-state index contributed by atoms with van der Waals surface area (Å²) in [7, 11) is 0. The van der Waals surface area contributed by atoms with Crippen molar-refractivity contribution in [3.05, 3.63) is 29.3 Å². The summed E-state index contributed by atoms with van der Waals surface area (Å²) in [6.45, 7) is 8.42. The van der Waals surface area contributed by atoms with Crippen LogP contribution in [0.5, 0.6) is 0 Å². The Bertz CT molecular complexity index is 304. The maximum absolute atomic E-state index is 4.59. The maximum Gasteiger partial charge on any atom is 0.0687 e. The second kappa shape index (κ2) is 4.22. The first-order valence-electron chi connectivity index (χ1n) is 4.75. The summed E-state index contributed by atoms with van der Waals surface area (Å²) in [4.78, 5) is 4.59. The van der Waals surface area contributed by atoms with E-state index in [1.54, 1.807) is 0 Å². The third-order valence-corrected chi connectivity index (χ3v) is 2.25. The van der Waals surface area contributed by atoms with E-state index in [0.717, 1.165) is 12.1 Å². The highest BCUT2D eigenvalue weighted by molar-refractivity contribution is 5.85. The molecule has 0 N–H and O–H groups in total. The van der Waals surface area contributed by atoms with Crippen molar-refractivity contribution in [3.63, 3.8) is 0 Å². The molecule has 70 valence electrons. The van der Waals surface area contributed by atoms with Gasteiger partial charge in [0.05, 0.1) is 5.69 Å². The molecule has 0 aliphatic rings. The molecule has 0 aromatic heterocycles. The fraction of sp³-hybridized carbons (Fsp3) is 0.417. The summed E-state index contributed by atoms with van der Waals surface area (Å²) in [6.07, 6.45) is 1.02. The molecular formula is C12H17N. The lowest BCUT2D eigenvalue weighted by Crippen LogP contribution is -1.88. The molecule has 0 atom stereocenters. The Morgan fingerprint density at radius 1 is 1.23 bits per heavy atom. The van der Waals surface area contributed by atoms with Gasteiger partial charge in [-0.15, -0.1) is 0 Å². The number of para-hydroxylation sites is 1. The molecule has 0 bridgehead atoms. The number of benzene rings is 1. The van der Waals surface area contributed by atoms with Gasteiger partial charge >= 0.3 is 0 Å². The van der Waals surface area contributed by atoms with Gasteiger partial charge in [-0.2, -0.15) is 0 Å². The quantitative estimate of drug-likeness (QED) is 0.606. The van der Waals surface area contributed by atoms with Gasteiger partial charge in [-0.3, -0.25) is 4.99 Å². The second-order valence-electron chi connectivity index (χ2n) is 3.44. The van der Waals surface area contributed by atoms with E-state index < -0.39 is 0 Å². The highest BCUT2D eigenvalue weighted by atomic mass is 14.7. The average Bonchev–Trinajstić information content (AvgIpc) is 2.11. The van der Waals surface area contributed by atoms with Gasteiger partial charge in [0.15, 0.2) is 0 Å². The molecule has 1 heteroatoms. The zero-order chi connectivity index (χ0) is 9.84. The molecule has 1 nitrogen and oxygen atoms in total. The van der Waals surface area contributed by atoms with Gasteiger partial charge in [-0.25, -0.2) is 0 Å². The van der Waals surface area contributed by atoms with Gasteiger partial charge < -0.3 is 0 Å². The van der Waals surface area contributed by atoms with E-state index in [9.17, 15) is 0 Å². The monoisotopic (exact) mass is 175 g/mol. The van der Waals surface area contributed by atoms with Crippen molar-refractivity contribution in [2.45, 2.75) is 34.1 Å². The molecule has 0 spiro atoms. The summed E-state index contributed by atoms with van der Waals surface area (Å²) in [5, 5.41) is 0. The van der Waals surface area contributed by atoms with Gasteiger partial charge in [-0.05, 0) is 38.3 Å². The zero-order valence-electron chi connectivity index (χ0n) is 8.89. The topological polar surface area (TPSA) is 12.4 Å². The molecule has 13 heavy (non-hydrogen) atoms. The van der Waals surface area contributed by atoms with E-state index in [4.69, 9.17) is 0 Å². The SMILES string of the molecule is CCC(C)=Nc1c(C)cccc1C. The highest BCUT2D eigenvalue weighted by Crippen LogP contribution is 2.23. The van der Waals surface area contributed by atoms with Crippen LogP contribution in [0.3, 0.4) is 0 Å². The Hall–Kier alpha value is -1.11. The molecule has 1 aromatic rings. The number of rotatable bonds is 2. The molecule has 0 aliphatic heterocycles. The van der Waals surface area contributed by atoms with Crippen LogP contribution in [0, 0.1) is 13.8 Å². The molecule has 0 unspecified atom stereocenters. The summed E-state index contributed by atoms with van der Waals surface area (Å²) < 4.78 is 0. The van der Waals surface area contributed by atoms with Crippen LogP contribution in [-0.4, -0.2) is 5.71 Å². The fourth-order valence-corrected chi connectivity index (χ4v) is 1.25. The second-order valence-corrected chi connectivity index (χ2v) is 3.44. The number of aryl methyl sites for hydroxylation is 2. The van der Waals surface area contributed by atoms with Gasteiger partial charge in [0.2, 0.25) is 0 Å². The zero-order valence-corrected chi connectivity index (χ0v) is 8.89. The number of nitrogens with zero attached hydrogens (tertiary/aromatic N) is 1. The number of aliphatic imine (C=N–C) groups is 1. The summed E-state index contributed by atoms with van der Waals surface area (Å²) in [6, 6.07) is 6.29. The van der Waals surface area contributed by atoms with E-state index in [1.807, 2.05) is 0 Å². The van der Waals surface area contributed by atoms with E-state index in [0.29, 0.717) is 0 Å². The predicted molar refractivity (Wildman–Crippen MR) is 59.0 cm³/mol. The van der Waals surface area contributed by atoms with Crippen molar-refractivity contribution in [2.24, 2.45) is 4.99 Å². The molecule has 1 rings (SSSR count). The van der Waals surface area contributed by atoms with Crippen LogP contribution in [-0.2, 0) is 0 Å². The van der Waals surface area contributed by atoms with Gasteiger partial charge in [0.1, 0.15) is 0 Å². The van der Waals surface area contributed by atoms with Gasteiger partial charge in [0.25, 0.3) is 0 Å². The lowest BCUT2D eigenvalue weighted by Gasteiger charge is -2.05. The summed E-state index contributed by atoms with van der Waals surface area (Å²) in [5.74, 6) is 0. The normalized spacial score (nSPS) is 11.8. The molecule has 1 aromatic carbocycles. The van der Waals surface area contributed by atoms with Crippen LogP contribution in [0.1, 0.15) is 31.4 Å². The lowest BCUT2D eigenvalue weighted by atomic mass is 10.1.